The largest absolute Gasteiger partial charge is 0.497 e. The van der Waals surface area contributed by atoms with Crippen molar-refractivity contribution in [2.75, 3.05) is 38.2 Å². The summed E-state index contributed by atoms with van der Waals surface area (Å²) in [5.41, 5.74) is 2.80. The molecule has 1 fully saturated rings. The van der Waals surface area contributed by atoms with Crippen LogP contribution >= 0.6 is 15.9 Å². The molecule has 6 heteroatoms. The van der Waals surface area contributed by atoms with Gasteiger partial charge >= 0.3 is 0 Å². The molecule has 1 saturated heterocycles. The zero-order chi connectivity index (χ0) is 21.6. The van der Waals surface area contributed by atoms with Crippen molar-refractivity contribution in [1.29, 1.82) is 0 Å². The van der Waals surface area contributed by atoms with Crippen LogP contribution in [0.4, 0.5) is 5.69 Å². The second-order valence-electron chi connectivity index (χ2n) is 7.39. The fourth-order valence-corrected chi connectivity index (χ4v) is 4.13. The molecule has 0 saturated carbocycles. The fourth-order valence-electron chi connectivity index (χ4n) is 3.69. The van der Waals surface area contributed by atoms with E-state index in [-0.39, 0.29) is 5.91 Å². The van der Waals surface area contributed by atoms with Crippen LogP contribution in [0.5, 0.6) is 11.5 Å². The maximum atomic E-state index is 13.2. The molecule has 0 atom stereocenters. The molecule has 1 aliphatic heterocycles. The van der Waals surface area contributed by atoms with Gasteiger partial charge in [0, 0.05) is 36.3 Å². The van der Waals surface area contributed by atoms with Crippen molar-refractivity contribution in [2.45, 2.75) is 6.61 Å². The first kappa shape index (κ1) is 21.2. The zero-order valence-corrected chi connectivity index (χ0v) is 19.0. The van der Waals surface area contributed by atoms with Crippen LogP contribution in [-0.4, -0.2) is 44.1 Å². The Labute approximate surface area is 191 Å². The van der Waals surface area contributed by atoms with Gasteiger partial charge < -0.3 is 19.3 Å². The highest BCUT2D eigenvalue weighted by atomic mass is 79.9. The molecule has 31 heavy (non-hydrogen) atoms. The monoisotopic (exact) mass is 480 g/mol. The summed E-state index contributed by atoms with van der Waals surface area (Å²) < 4.78 is 12.3. The molecule has 4 rings (SSSR count). The van der Waals surface area contributed by atoms with Crippen molar-refractivity contribution in [3.63, 3.8) is 0 Å². The Kier molecular flexibility index (Phi) is 6.77. The van der Waals surface area contributed by atoms with E-state index >= 15 is 0 Å². The predicted octanol–water partition coefficient (Wildman–Crippen LogP) is 5.00. The van der Waals surface area contributed by atoms with E-state index in [1.165, 1.54) is 0 Å². The molecule has 0 radical (unpaired) electrons. The minimum Gasteiger partial charge on any atom is -0.497 e. The van der Waals surface area contributed by atoms with Crippen LogP contribution in [0.1, 0.15) is 15.9 Å². The van der Waals surface area contributed by atoms with Gasteiger partial charge in [-0.25, -0.2) is 0 Å². The summed E-state index contributed by atoms with van der Waals surface area (Å²) >= 11 is 3.48. The molecule has 0 aromatic heterocycles. The van der Waals surface area contributed by atoms with Crippen LogP contribution in [0.3, 0.4) is 0 Å². The highest BCUT2D eigenvalue weighted by Crippen LogP contribution is 2.24. The lowest BCUT2D eigenvalue weighted by Gasteiger charge is -2.36. The van der Waals surface area contributed by atoms with Crippen LogP contribution in [0.2, 0.25) is 0 Å². The third-order valence-corrected chi connectivity index (χ3v) is 5.90. The first-order chi connectivity index (χ1) is 15.1. The molecule has 3 aromatic rings. The first-order valence-electron chi connectivity index (χ1n) is 10.3. The molecule has 0 spiro atoms. The van der Waals surface area contributed by atoms with Gasteiger partial charge in [-0.3, -0.25) is 4.79 Å². The van der Waals surface area contributed by atoms with Gasteiger partial charge in [-0.15, -0.1) is 0 Å². The molecule has 1 heterocycles. The Balaban J connectivity index is 1.39. The molecule has 0 unspecified atom stereocenters. The minimum absolute atomic E-state index is 0.0132. The van der Waals surface area contributed by atoms with Gasteiger partial charge in [0.2, 0.25) is 0 Å². The Morgan fingerprint density at radius 3 is 2.39 bits per heavy atom. The normalized spacial score (nSPS) is 13.7. The average Bonchev–Trinajstić information content (AvgIpc) is 2.83. The molecule has 160 valence electrons. The van der Waals surface area contributed by atoms with E-state index in [0.29, 0.717) is 31.0 Å². The summed E-state index contributed by atoms with van der Waals surface area (Å²) in [4.78, 5) is 17.4. The number of anilines is 1. The number of amides is 1. The van der Waals surface area contributed by atoms with E-state index in [4.69, 9.17) is 9.47 Å². The number of carbonyl (C=O) groups excluding carboxylic acids is 1. The van der Waals surface area contributed by atoms with Crippen LogP contribution in [0, 0.1) is 0 Å². The molecule has 1 amide bonds. The van der Waals surface area contributed by atoms with Gasteiger partial charge in [0.25, 0.3) is 5.91 Å². The van der Waals surface area contributed by atoms with Crippen molar-refractivity contribution < 1.29 is 14.3 Å². The van der Waals surface area contributed by atoms with Crippen LogP contribution < -0.4 is 14.4 Å². The summed E-state index contributed by atoms with van der Waals surface area (Å²) in [7, 11) is 1.67. The highest BCUT2D eigenvalue weighted by Gasteiger charge is 2.24. The minimum atomic E-state index is 0.0132. The van der Waals surface area contributed by atoms with Crippen molar-refractivity contribution >= 4 is 27.5 Å². The molecule has 1 aliphatic rings. The molecular formula is C25H25BrN2O3. The van der Waals surface area contributed by atoms with Crippen molar-refractivity contribution in [2.24, 2.45) is 0 Å². The van der Waals surface area contributed by atoms with E-state index in [1.807, 2.05) is 65.6 Å². The third kappa shape index (κ3) is 5.20. The summed E-state index contributed by atoms with van der Waals surface area (Å²) in [6.45, 7) is 3.34. The fraction of sp³-hybridized carbons (Fsp3) is 0.240. The number of carbonyl (C=O) groups is 1. The number of hydrogen-bond donors (Lipinski definition) is 0. The van der Waals surface area contributed by atoms with E-state index in [2.05, 4.69) is 33.0 Å². The van der Waals surface area contributed by atoms with E-state index in [9.17, 15) is 4.79 Å². The Morgan fingerprint density at radius 1 is 0.935 bits per heavy atom. The summed E-state index contributed by atoms with van der Waals surface area (Å²) in [5.74, 6) is 1.47. The lowest BCUT2D eigenvalue weighted by molar-refractivity contribution is 0.0742. The second-order valence-corrected chi connectivity index (χ2v) is 8.31. The number of hydrogen-bond acceptors (Lipinski definition) is 4. The first-order valence-corrected chi connectivity index (χ1v) is 11.1. The zero-order valence-electron chi connectivity index (χ0n) is 17.5. The molecule has 5 nitrogen and oxygen atoms in total. The quantitative estimate of drug-likeness (QED) is 0.497. The Morgan fingerprint density at radius 2 is 1.68 bits per heavy atom. The topological polar surface area (TPSA) is 42.0 Å². The van der Waals surface area contributed by atoms with Gasteiger partial charge in [0.05, 0.1) is 12.7 Å². The van der Waals surface area contributed by atoms with Crippen LogP contribution in [0.15, 0.2) is 77.3 Å². The van der Waals surface area contributed by atoms with Crippen molar-refractivity contribution in [3.05, 3.63) is 88.4 Å². The predicted molar refractivity (Wildman–Crippen MR) is 126 cm³/mol. The highest BCUT2D eigenvalue weighted by molar-refractivity contribution is 9.10. The van der Waals surface area contributed by atoms with Crippen molar-refractivity contribution in [3.8, 4) is 11.5 Å². The van der Waals surface area contributed by atoms with Crippen molar-refractivity contribution in [1.82, 2.24) is 4.90 Å². The van der Waals surface area contributed by atoms with E-state index in [0.717, 1.165) is 34.6 Å². The van der Waals surface area contributed by atoms with Gasteiger partial charge in [-0.2, -0.15) is 0 Å². The average molecular weight is 481 g/mol. The summed E-state index contributed by atoms with van der Waals surface area (Å²) in [5, 5.41) is 0. The number of methoxy groups -OCH3 is 1. The lowest BCUT2D eigenvalue weighted by atomic mass is 10.1. The molecule has 0 aliphatic carbocycles. The standard InChI is InChI=1S/C25H25BrN2O3/c1-30-22-11-9-21(10-12-22)27-13-15-28(16-14-27)25(29)23-7-2-3-8-24(23)31-18-19-5-4-6-20(26)17-19/h2-12,17H,13-16,18H2,1H3. The summed E-state index contributed by atoms with van der Waals surface area (Å²) in [6.07, 6.45) is 0. The van der Waals surface area contributed by atoms with Gasteiger partial charge in [-0.05, 0) is 54.1 Å². The number of rotatable bonds is 6. The number of ether oxygens (including phenoxy) is 2. The number of halogens is 1. The molecular weight excluding hydrogens is 456 g/mol. The van der Waals surface area contributed by atoms with Crippen LogP contribution in [-0.2, 0) is 6.61 Å². The van der Waals surface area contributed by atoms with Gasteiger partial charge in [-0.1, -0.05) is 40.2 Å². The van der Waals surface area contributed by atoms with Crippen LogP contribution in [0.25, 0.3) is 0 Å². The summed E-state index contributed by atoms with van der Waals surface area (Å²) in [6, 6.07) is 23.5. The Hall–Kier alpha value is -2.99. The van der Waals surface area contributed by atoms with Gasteiger partial charge in [0.15, 0.2) is 0 Å². The van der Waals surface area contributed by atoms with E-state index < -0.39 is 0 Å². The smallest absolute Gasteiger partial charge is 0.257 e. The SMILES string of the molecule is COc1ccc(N2CCN(C(=O)c3ccccc3OCc3cccc(Br)c3)CC2)cc1. The van der Waals surface area contributed by atoms with E-state index in [1.54, 1.807) is 7.11 Å². The lowest BCUT2D eigenvalue weighted by Crippen LogP contribution is -2.48. The van der Waals surface area contributed by atoms with Gasteiger partial charge in [0.1, 0.15) is 18.1 Å². The number of para-hydroxylation sites is 1. The number of piperazine rings is 1. The number of benzene rings is 3. The second kappa shape index (κ2) is 9.88. The molecule has 0 N–H and O–H groups in total. The number of nitrogens with zero attached hydrogens (tertiary/aromatic N) is 2. The third-order valence-electron chi connectivity index (χ3n) is 5.41. The molecule has 0 bridgehead atoms. The molecule has 3 aromatic carbocycles. The maximum Gasteiger partial charge on any atom is 0.257 e. The maximum absolute atomic E-state index is 13.2. The Bertz CT molecular complexity index is 1030.